The number of aliphatic hydroxyl groups is 3. The highest BCUT2D eigenvalue weighted by Crippen LogP contribution is 2.39. The third-order valence-electron chi connectivity index (χ3n) is 3.36. The molecule has 5 heteroatoms. The lowest BCUT2D eigenvalue weighted by atomic mass is 9.71. The third-order valence-corrected chi connectivity index (χ3v) is 3.36. The van der Waals surface area contributed by atoms with Crippen molar-refractivity contribution in [3.05, 3.63) is 0 Å². The van der Waals surface area contributed by atoms with Gasteiger partial charge in [0.15, 0.2) is 6.29 Å². The summed E-state index contributed by atoms with van der Waals surface area (Å²) in [6.07, 6.45) is -3.58. The number of hydrogen-bond acceptors (Lipinski definition) is 5. The second kappa shape index (κ2) is 5.66. The quantitative estimate of drug-likeness (QED) is 0.698. The maximum atomic E-state index is 10.3. The van der Waals surface area contributed by atoms with Gasteiger partial charge in [-0.2, -0.15) is 0 Å². The fraction of sp³-hybridized carbons (Fsp3) is 1.00. The van der Waals surface area contributed by atoms with Crippen molar-refractivity contribution >= 4 is 0 Å². The van der Waals surface area contributed by atoms with Crippen LogP contribution in [0.3, 0.4) is 0 Å². The Morgan fingerprint density at radius 2 is 1.53 bits per heavy atom. The summed E-state index contributed by atoms with van der Waals surface area (Å²) in [6, 6.07) is 0. The zero-order chi connectivity index (χ0) is 15.0. The van der Waals surface area contributed by atoms with Crippen LogP contribution in [-0.2, 0) is 9.47 Å². The first-order valence-electron chi connectivity index (χ1n) is 6.77. The summed E-state index contributed by atoms with van der Waals surface area (Å²) in [5.41, 5.74) is -0.791. The molecule has 19 heavy (non-hydrogen) atoms. The van der Waals surface area contributed by atoms with E-state index in [4.69, 9.17) is 9.47 Å². The Bertz CT molecular complexity index is 287. The normalized spacial score (nSPS) is 37.4. The van der Waals surface area contributed by atoms with Crippen LogP contribution in [0, 0.1) is 11.3 Å². The molecule has 1 saturated heterocycles. The Kier molecular flexibility index (Phi) is 5.02. The molecule has 0 aromatic heterocycles. The molecule has 1 rings (SSSR count). The fourth-order valence-corrected chi connectivity index (χ4v) is 2.60. The predicted octanol–water partition coefficient (Wildman–Crippen LogP) is 0.903. The van der Waals surface area contributed by atoms with Crippen molar-refractivity contribution in [1.29, 1.82) is 0 Å². The molecule has 3 unspecified atom stereocenters. The molecule has 1 aliphatic rings. The van der Waals surface area contributed by atoms with Crippen LogP contribution in [-0.4, -0.2) is 52.1 Å². The Morgan fingerprint density at radius 3 is 1.89 bits per heavy atom. The van der Waals surface area contributed by atoms with Gasteiger partial charge in [-0.3, -0.25) is 0 Å². The highest BCUT2D eigenvalue weighted by Gasteiger charge is 2.49. The maximum absolute atomic E-state index is 10.3. The Labute approximate surface area is 115 Å². The monoisotopic (exact) mass is 276 g/mol. The van der Waals surface area contributed by atoms with Gasteiger partial charge in [0, 0.05) is 5.92 Å². The molecule has 0 aromatic rings. The number of aliphatic hydroxyl groups excluding tert-OH is 3. The largest absolute Gasteiger partial charge is 0.394 e. The first-order valence-corrected chi connectivity index (χ1v) is 6.77. The van der Waals surface area contributed by atoms with Crippen LogP contribution < -0.4 is 0 Å². The van der Waals surface area contributed by atoms with Crippen LogP contribution in [0.25, 0.3) is 0 Å². The first kappa shape index (κ1) is 16.9. The molecule has 5 nitrogen and oxygen atoms in total. The van der Waals surface area contributed by atoms with E-state index < -0.39 is 30.2 Å². The van der Waals surface area contributed by atoms with Crippen molar-refractivity contribution in [2.75, 3.05) is 6.61 Å². The van der Waals surface area contributed by atoms with E-state index in [1.807, 2.05) is 41.5 Å². The molecule has 0 amide bonds. The number of rotatable bonds is 2. The molecule has 0 bridgehead atoms. The lowest BCUT2D eigenvalue weighted by molar-refractivity contribution is -0.321. The average molecular weight is 276 g/mol. The van der Waals surface area contributed by atoms with Gasteiger partial charge in [0.25, 0.3) is 0 Å². The smallest absolute Gasteiger partial charge is 0.187 e. The lowest BCUT2D eigenvalue weighted by Gasteiger charge is -2.48. The Morgan fingerprint density at radius 1 is 1.00 bits per heavy atom. The topological polar surface area (TPSA) is 79.2 Å². The van der Waals surface area contributed by atoms with Gasteiger partial charge in [0.05, 0.1) is 24.4 Å². The van der Waals surface area contributed by atoms with Crippen LogP contribution in [0.4, 0.5) is 0 Å². The van der Waals surface area contributed by atoms with Crippen LogP contribution in [0.1, 0.15) is 41.5 Å². The van der Waals surface area contributed by atoms with Crippen LogP contribution >= 0.6 is 0 Å². The van der Waals surface area contributed by atoms with Gasteiger partial charge in [0.1, 0.15) is 6.10 Å². The Hall–Kier alpha value is -0.200. The van der Waals surface area contributed by atoms with E-state index in [0.29, 0.717) is 0 Å². The number of ether oxygens (including phenoxy) is 2. The molecule has 1 aliphatic heterocycles. The first-order chi connectivity index (χ1) is 8.47. The minimum absolute atomic E-state index is 0.213. The van der Waals surface area contributed by atoms with E-state index in [0.717, 1.165) is 0 Å². The van der Waals surface area contributed by atoms with Gasteiger partial charge in [-0.15, -0.1) is 0 Å². The molecule has 1 fully saturated rings. The van der Waals surface area contributed by atoms with E-state index in [2.05, 4.69) is 0 Å². The summed E-state index contributed by atoms with van der Waals surface area (Å²) in [7, 11) is 0. The van der Waals surface area contributed by atoms with E-state index in [1.54, 1.807) is 0 Å². The zero-order valence-electron chi connectivity index (χ0n) is 12.8. The van der Waals surface area contributed by atoms with Crippen LogP contribution in [0.2, 0.25) is 0 Å². The van der Waals surface area contributed by atoms with E-state index in [1.165, 1.54) is 0 Å². The molecular weight excluding hydrogens is 248 g/mol. The SMILES string of the molecule is CC(C)(C)O[C@@H]1OC(CO)[C@@H](C(C)(C)C)C(O)C1O. The highest BCUT2D eigenvalue weighted by atomic mass is 16.7. The average Bonchev–Trinajstić information content (AvgIpc) is 2.20. The summed E-state index contributed by atoms with van der Waals surface area (Å²) in [5, 5.41) is 30.0. The molecule has 114 valence electrons. The standard InChI is InChI=1S/C14H28O5/c1-13(2,3)9-8(7-15)18-12(11(17)10(9)16)19-14(4,5)6/h8-12,15-17H,7H2,1-6H3/t8?,9-,10?,11?,12+/m1/s1. The molecule has 0 radical (unpaired) electrons. The van der Waals surface area contributed by atoms with Crippen molar-refractivity contribution in [2.24, 2.45) is 11.3 Å². The van der Waals surface area contributed by atoms with Gasteiger partial charge in [-0.25, -0.2) is 0 Å². The fourth-order valence-electron chi connectivity index (χ4n) is 2.60. The van der Waals surface area contributed by atoms with Gasteiger partial charge in [0.2, 0.25) is 0 Å². The van der Waals surface area contributed by atoms with Crippen LogP contribution in [0.5, 0.6) is 0 Å². The highest BCUT2D eigenvalue weighted by molar-refractivity contribution is 4.95. The minimum Gasteiger partial charge on any atom is -0.394 e. The van der Waals surface area contributed by atoms with Crippen molar-refractivity contribution in [1.82, 2.24) is 0 Å². The molecule has 0 aromatic carbocycles. The van der Waals surface area contributed by atoms with Crippen molar-refractivity contribution < 1.29 is 24.8 Å². The lowest BCUT2D eigenvalue weighted by Crippen LogP contribution is -2.60. The van der Waals surface area contributed by atoms with Crippen molar-refractivity contribution in [3.63, 3.8) is 0 Å². The Balaban J connectivity index is 2.91. The molecule has 5 atom stereocenters. The van der Waals surface area contributed by atoms with Gasteiger partial charge in [-0.05, 0) is 26.2 Å². The molecule has 0 saturated carbocycles. The molecule has 0 spiro atoms. The zero-order valence-corrected chi connectivity index (χ0v) is 12.8. The second-order valence-corrected chi connectivity index (χ2v) is 7.33. The summed E-state index contributed by atoms with van der Waals surface area (Å²) in [4.78, 5) is 0. The van der Waals surface area contributed by atoms with Gasteiger partial charge >= 0.3 is 0 Å². The molecule has 3 N–H and O–H groups in total. The molecular formula is C14H28O5. The van der Waals surface area contributed by atoms with Gasteiger partial charge in [-0.1, -0.05) is 20.8 Å². The molecule has 0 aliphatic carbocycles. The predicted molar refractivity (Wildman–Crippen MR) is 71.5 cm³/mol. The summed E-state index contributed by atoms with van der Waals surface area (Å²) in [6.45, 7) is 11.2. The maximum Gasteiger partial charge on any atom is 0.187 e. The minimum atomic E-state index is -1.12. The third kappa shape index (κ3) is 4.13. The summed E-state index contributed by atoms with van der Waals surface area (Å²) < 4.78 is 11.3. The van der Waals surface area contributed by atoms with Crippen molar-refractivity contribution in [3.8, 4) is 0 Å². The number of hydrogen-bond donors (Lipinski definition) is 3. The van der Waals surface area contributed by atoms with Crippen molar-refractivity contribution in [2.45, 2.75) is 71.7 Å². The summed E-state index contributed by atoms with van der Waals surface area (Å²) >= 11 is 0. The van der Waals surface area contributed by atoms with E-state index in [-0.39, 0.29) is 17.9 Å². The second-order valence-electron chi connectivity index (χ2n) is 7.33. The summed E-state index contributed by atoms with van der Waals surface area (Å²) in [5.74, 6) is -0.354. The molecule has 1 heterocycles. The van der Waals surface area contributed by atoms with E-state index >= 15 is 0 Å². The van der Waals surface area contributed by atoms with Gasteiger partial charge < -0.3 is 24.8 Å². The van der Waals surface area contributed by atoms with Crippen LogP contribution in [0.15, 0.2) is 0 Å². The van der Waals surface area contributed by atoms with E-state index in [9.17, 15) is 15.3 Å².